The summed E-state index contributed by atoms with van der Waals surface area (Å²) in [5.74, 6) is 0. The molecule has 1 unspecified atom stereocenters. The average Bonchev–Trinajstić information content (AvgIpc) is 1.69. The summed E-state index contributed by atoms with van der Waals surface area (Å²) < 4.78 is 18.0. The molecule has 1 heterocycles. The fraction of sp³-hybridized carbons (Fsp3) is 0. The molecule has 1 aromatic rings. The zero-order valence-electron chi connectivity index (χ0n) is 3.94. The van der Waals surface area contributed by atoms with Gasteiger partial charge in [-0.3, -0.25) is 0 Å². The van der Waals surface area contributed by atoms with Gasteiger partial charge in [0.25, 0.3) is 0 Å². The van der Waals surface area contributed by atoms with Gasteiger partial charge in [0, 0.05) is 15.4 Å². The minimum absolute atomic E-state index is 0. The van der Waals surface area contributed by atoms with Crippen LogP contribution < -0.4 is 0 Å². The predicted octanol–water partition coefficient (Wildman–Crippen LogP) is 0.592. The minimum atomic E-state index is -1.76. The van der Waals surface area contributed by atoms with Crippen LogP contribution in [0.3, 0.4) is 0 Å². The zero-order valence-corrected chi connectivity index (χ0v) is 4.84. The average molecular weight is 134 g/mol. The van der Waals surface area contributed by atoms with Gasteiger partial charge in [-0.2, -0.15) is 0 Å². The number of rotatable bonds is 0. The lowest BCUT2D eigenvalue weighted by molar-refractivity contribution is 0.541. The maximum Gasteiger partial charge on any atom is 0.720 e. The van der Waals surface area contributed by atoms with Gasteiger partial charge in [-0.25, -0.2) is 4.20 Å². The molecule has 0 saturated heterocycles. The Morgan fingerprint density at radius 3 is 2.62 bits per heavy atom. The van der Waals surface area contributed by atoms with Gasteiger partial charge in [-0.1, -0.05) is 0 Å². The summed E-state index contributed by atoms with van der Waals surface area (Å²) in [6.45, 7) is 0. The van der Waals surface area contributed by atoms with Crippen LogP contribution >= 0.6 is 7.81 Å². The molecule has 0 spiro atoms. The Labute approximate surface area is 46.4 Å². The van der Waals surface area contributed by atoms with Crippen LogP contribution in [-0.2, 0) is 4.57 Å². The molecule has 0 saturated carbocycles. The van der Waals surface area contributed by atoms with Gasteiger partial charge in [-0.15, -0.1) is 0 Å². The van der Waals surface area contributed by atoms with Gasteiger partial charge in [-0.05, 0) is 0 Å². The van der Waals surface area contributed by atoms with E-state index < -0.39 is 7.81 Å². The van der Waals surface area contributed by atoms with Crippen molar-refractivity contribution in [2.45, 2.75) is 0 Å². The van der Waals surface area contributed by atoms with Crippen molar-refractivity contribution in [2.24, 2.45) is 0 Å². The lowest BCUT2D eigenvalue weighted by Crippen LogP contribution is -1.53. The number of aromatic nitrogens is 1. The van der Waals surface area contributed by atoms with Crippen molar-refractivity contribution in [3.63, 3.8) is 0 Å². The summed E-state index contributed by atoms with van der Waals surface area (Å²) in [6, 6.07) is 1.58. The monoisotopic (exact) mass is 134 g/mol. The minimum Gasteiger partial charge on any atom is -0.412 e. The Hall–Kier alpha value is -0.730. The Morgan fingerprint density at radius 1 is 1.62 bits per heavy atom. The van der Waals surface area contributed by atoms with Crippen molar-refractivity contribution >= 4 is 7.81 Å². The molecule has 4 nitrogen and oxygen atoms in total. The van der Waals surface area contributed by atoms with Gasteiger partial charge in [0.15, 0.2) is 6.26 Å². The largest absolute Gasteiger partial charge is 0.720 e. The first-order chi connectivity index (χ1) is 3.39. The first-order valence-electron chi connectivity index (χ1n) is 1.73. The van der Waals surface area contributed by atoms with Crippen LogP contribution in [0.1, 0.15) is 0 Å². The molecule has 0 aliphatic rings. The molecule has 0 aliphatic heterocycles. The predicted molar refractivity (Wildman–Crippen MR) is 27.7 cm³/mol. The summed E-state index contributed by atoms with van der Waals surface area (Å²) in [5.41, 5.74) is 0. The summed E-state index contributed by atoms with van der Waals surface area (Å²) in [6.07, 6.45) is 2.80. The van der Waals surface area contributed by atoms with E-state index in [-0.39, 0.29) is 5.48 Å². The highest BCUT2D eigenvalue weighted by atomic mass is 31.1. The normalized spacial score (nSPS) is 9.75. The van der Waals surface area contributed by atoms with Crippen molar-refractivity contribution in [3.05, 3.63) is 18.5 Å². The Bertz CT molecular complexity index is 180. The quantitative estimate of drug-likeness (QED) is 0.521. The maximum atomic E-state index is 10.1. The highest BCUT2D eigenvalue weighted by Crippen LogP contribution is 2.01. The summed E-state index contributed by atoms with van der Waals surface area (Å²) in [7, 11) is -1.76. The second-order valence-electron chi connectivity index (χ2n) is 0.936. The van der Waals surface area contributed by atoms with Crippen molar-refractivity contribution in [2.75, 3.05) is 0 Å². The van der Waals surface area contributed by atoms with Crippen LogP contribution in [-0.4, -0.2) is 10.2 Å². The van der Waals surface area contributed by atoms with Gasteiger partial charge in [0.05, 0.1) is 6.20 Å². The van der Waals surface area contributed by atoms with E-state index in [0.29, 0.717) is 0 Å². The second kappa shape index (κ2) is 3.29. The Balaban J connectivity index is 0.000000490. The standard InChI is InChI=1S/C3H3NO2P.H2O/c5-7-4-2-1-3-6-7;/h1-3H;1H2/q+1;. The number of hydrogen-bond donors (Lipinski definition) is 0. The van der Waals surface area contributed by atoms with Gasteiger partial charge in [0.1, 0.15) is 0 Å². The molecule has 44 valence electrons. The van der Waals surface area contributed by atoms with Crippen LogP contribution in [0.2, 0.25) is 0 Å². The van der Waals surface area contributed by atoms with Crippen molar-refractivity contribution in [1.82, 2.24) is 4.75 Å². The van der Waals surface area contributed by atoms with Crippen LogP contribution in [0.4, 0.5) is 0 Å². The summed E-state index contributed by atoms with van der Waals surface area (Å²) in [4.78, 5) is 0. The molecule has 0 bridgehead atoms. The SMILES string of the molecule is O.O=[p+]1nccco1. The molecular formula is C3H5NO3P+. The van der Waals surface area contributed by atoms with E-state index in [1.807, 2.05) is 0 Å². The molecule has 0 aliphatic carbocycles. The molecule has 0 amide bonds. The van der Waals surface area contributed by atoms with E-state index in [2.05, 4.69) is 8.94 Å². The molecule has 1 atom stereocenters. The van der Waals surface area contributed by atoms with E-state index in [1.165, 1.54) is 12.5 Å². The Kier molecular flexibility index (Phi) is 2.99. The molecule has 0 radical (unpaired) electrons. The third kappa shape index (κ3) is 1.82. The fourth-order valence-electron chi connectivity index (χ4n) is 0.242. The molecule has 1 aromatic heterocycles. The highest BCUT2D eigenvalue weighted by molar-refractivity contribution is 7.25. The summed E-state index contributed by atoms with van der Waals surface area (Å²) in [5, 5.41) is 0. The molecule has 2 N–H and O–H groups in total. The summed E-state index contributed by atoms with van der Waals surface area (Å²) >= 11 is 0. The van der Waals surface area contributed by atoms with Crippen molar-refractivity contribution in [3.8, 4) is 0 Å². The number of hydrogen-bond acceptors (Lipinski definition) is 3. The molecule has 0 aromatic carbocycles. The third-order valence-electron chi connectivity index (χ3n) is 0.477. The first kappa shape index (κ1) is 7.27. The fourth-order valence-corrected chi connectivity index (χ4v) is 0.657. The molecule has 1 rings (SSSR count). The Morgan fingerprint density at radius 2 is 2.38 bits per heavy atom. The molecule has 0 fully saturated rings. The van der Waals surface area contributed by atoms with E-state index in [1.54, 1.807) is 6.07 Å². The van der Waals surface area contributed by atoms with E-state index >= 15 is 0 Å². The van der Waals surface area contributed by atoms with Crippen molar-refractivity contribution in [1.29, 1.82) is 0 Å². The van der Waals surface area contributed by atoms with Crippen LogP contribution in [0.15, 0.2) is 22.7 Å². The highest BCUT2D eigenvalue weighted by Gasteiger charge is 1.92. The van der Waals surface area contributed by atoms with E-state index in [0.717, 1.165) is 0 Å². The molecule has 5 heteroatoms. The van der Waals surface area contributed by atoms with E-state index in [4.69, 9.17) is 0 Å². The lowest BCUT2D eigenvalue weighted by Gasteiger charge is -1.58. The first-order valence-corrected chi connectivity index (χ1v) is 2.86. The second-order valence-corrected chi connectivity index (χ2v) is 1.85. The van der Waals surface area contributed by atoms with Gasteiger partial charge >= 0.3 is 7.81 Å². The van der Waals surface area contributed by atoms with E-state index in [9.17, 15) is 4.57 Å². The molecule has 8 heavy (non-hydrogen) atoms. The van der Waals surface area contributed by atoms with Gasteiger partial charge < -0.3 is 5.48 Å². The third-order valence-corrected chi connectivity index (χ3v) is 1.10. The molecular weight excluding hydrogens is 129 g/mol. The topological polar surface area (TPSA) is 74.6 Å². The smallest absolute Gasteiger partial charge is 0.412 e. The zero-order chi connectivity index (χ0) is 5.11. The van der Waals surface area contributed by atoms with Gasteiger partial charge in [0.2, 0.25) is 0 Å². The van der Waals surface area contributed by atoms with Crippen LogP contribution in [0.25, 0.3) is 0 Å². The lowest BCUT2D eigenvalue weighted by atomic mass is 10.8. The van der Waals surface area contributed by atoms with Crippen molar-refractivity contribution < 1.29 is 14.2 Å². The van der Waals surface area contributed by atoms with Crippen LogP contribution in [0, 0.1) is 0 Å². The number of nitrogens with zero attached hydrogens (tertiary/aromatic N) is 1. The maximum absolute atomic E-state index is 10.1. The van der Waals surface area contributed by atoms with Crippen LogP contribution in [0.5, 0.6) is 0 Å².